The van der Waals surface area contributed by atoms with Crippen LogP contribution in [0.15, 0.2) is 42.5 Å². The zero-order valence-electron chi connectivity index (χ0n) is 17.6. The Balaban J connectivity index is 1.93. The van der Waals surface area contributed by atoms with Gasteiger partial charge in [-0.15, -0.1) is 18.3 Å². The van der Waals surface area contributed by atoms with Gasteiger partial charge in [-0.1, -0.05) is 19.1 Å². The number of ether oxygens (including phenoxy) is 2. The van der Waals surface area contributed by atoms with Crippen molar-refractivity contribution in [3.05, 3.63) is 42.5 Å². The first-order valence-electron chi connectivity index (χ1n) is 9.85. The fourth-order valence-corrected chi connectivity index (χ4v) is 3.32. The summed E-state index contributed by atoms with van der Waals surface area (Å²) in [5, 5.41) is 7.92. The summed E-state index contributed by atoms with van der Waals surface area (Å²) in [6.45, 7) is 1.77. The number of aromatic nitrogens is 4. The summed E-state index contributed by atoms with van der Waals surface area (Å²) in [6, 6.07) is 10.3. The molecule has 0 saturated heterocycles. The van der Waals surface area contributed by atoms with Crippen LogP contribution in [0.3, 0.4) is 0 Å². The van der Waals surface area contributed by atoms with E-state index in [0.717, 1.165) is 6.07 Å². The molecule has 0 bridgehead atoms. The van der Waals surface area contributed by atoms with E-state index >= 15 is 0 Å². The van der Waals surface area contributed by atoms with Gasteiger partial charge in [-0.05, 0) is 30.7 Å². The number of para-hydroxylation sites is 1. The third-order valence-corrected chi connectivity index (χ3v) is 4.89. The number of nitrogens with zero attached hydrogens (tertiary/aromatic N) is 4. The number of amides is 1. The van der Waals surface area contributed by atoms with Crippen molar-refractivity contribution in [1.29, 1.82) is 0 Å². The van der Waals surface area contributed by atoms with Gasteiger partial charge in [0.2, 0.25) is 11.9 Å². The first kappa shape index (κ1) is 22.1. The van der Waals surface area contributed by atoms with Gasteiger partial charge < -0.3 is 20.5 Å². The molecule has 0 unspecified atom stereocenters. The lowest BCUT2D eigenvalue weighted by molar-refractivity contribution is -0.274. The number of hydrogen-bond donors (Lipinski definition) is 2. The largest absolute Gasteiger partial charge is 0.573 e. The summed E-state index contributed by atoms with van der Waals surface area (Å²) in [7, 11) is 1.33. The van der Waals surface area contributed by atoms with Gasteiger partial charge >= 0.3 is 6.36 Å². The van der Waals surface area contributed by atoms with Gasteiger partial charge in [0.1, 0.15) is 17.5 Å². The second-order valence-corrected chi connectivity index (χ2v) is 7.04. The highest BCUT2D eigenvalue weighted by Crippen LogP contribution is 2.36. The van der Waals surface area contributed by atoms with Crippen LogP contribution in [0.2, 0.25) is 0 Å². The van der Waals surface area contributed by atoms with Crippen molar-refractivity contribution < 1.29 is 27.4 Å². The van der Waals surface area contributed by atoms with Crippen LogP contribution < -0.4 is 20.5 Å². The van der Waals surface area contributed by atoms with Crippen molar-refractivity contribution in [3.8, 4) is 22.9 Å². The van der Waals surface area contributed by atoms with E-state index in [1.54, 1.807) is 31.2 Å². The van der Waals surface area contributed by atoms with Crippen LogP contribution >= 0.6 is 0 Å². The predicted octanol–water partition coefficient (Wildman–Crippen LogP) is 3.53. The van der Waals surface area contributed by atoms with E-state index in [0.29, 0.717) is 23.0 Å². The second-order valence-electron chi connectivity index (χ2n) is 7.04. The van der Waals surface area contributed by atoms with Crippen molar-refractivity contribution in [3.63, 3.8) is 0 Å². The Morgan fingerprint density at radius 1 is 1.21 bits per heavy atom. The average molecular weight is 460 g/mol. The number of hydrogen-bond acceptors (Lipinski definition) is 7. The van der Waals surface area contributed by atoms with Crippen molar-refractivity contribution >= 4 is 28.4 Å². The molecule has 0 fully saturated rings. The van der Waals surface area contributed by atoms with Crippen LogP contribution in [-0.2, 0) is 4.79 Å². The molecular weight excluding hydrogens is 441 g/mol. The topological polar surface area (TPSA) is 117 Å². The molecule has 2 aromatic carbocycles. The molecule has 1 amide bonds. The van der Waals surface area contributed by atoms with Crippen LogP contribution in [0, 0.1) is 0 Å². The molecule has 0 spiro atoms. The van der Waals surface area contributed by atoms with Crippen molar-refractivity contribution in [2.45, 2.75) is 25.7 Å². The molecule has 9 nitrogen and oxygen atoms in total. The standard InChI is InChI=1S/C21H19F3N6O3/c1-3-14(17(25)31)26-20-27-15-7-5-4-6-12(15)19-28-18(29-30(19)20)13-9-8-11(32-2)10-16(13)33-21(22,23)24/h4-10,14H,3H2,1-2H3,(H2,25,31)(H,26,27)/t14-/m1/s1. The number of benzene rings is 2. The number of primary amides is 1. The number of methoxy groups -OCH3 is 1. The van der Waals surface area contributed by atoms with E-state index in [2.05, 4.69) is 25.1 Å². The minimum Gasteiger partial charge on any atom is -0.497 e. The minimum atomic E-state index is -4.93. The molecule has 2 heterocycles. The maximum atomic E-state index is 13.0. The van der Waals surface area contributed by atoms with Gasteiger partial charge in [0.15, 0.2) is 11.5 Å². The van der Waals surface area contributed by atoms with Gasteiger partial charge in [0.25, 0.3) is 0 Å². The van der Waals surface area contributed by atoms with E-state index in [1.807, 2.05) is 0 Å². The number of carbonyl (C=O) groups is 1. The highest BCUT2D eigenvalue weighted by molar-refractivity contribution is 5.93. The van der Waals surface area contributed by atoms with Crippen LogP contribution in [0.1, 0.15) is 13.3 Å². The van der Waals surface area contributed by atoms with Crippen LogP contribution in [-0.4, -0.2) is 45.0 Å². The number of rotatable bonds is 7. The van der Waals surface area contributed by atoms with Crippen LogP contribution in [0.5, 0.6) is 11.5 Å². The maximum absolute atomic E-state index is 13.0. The molecule has 172 valence electrons. The van der Waals surface area contributed by atoms with Crippen molar-refractivity contribution in [2.24, 2.45) is 5.73 Å². The maximum Gasteiger partial charge on any atom is 0.573 e. The lowest BCUT2D eigenvalue weighted by Gasteiger charge is -2.15. The van der Waals surface area contributed by atoms with Gasteiger partial charge in [0, 0.05) is 11.5 Å². The van der Waals surface area contributed by atoms with Gasteiger partial charge in [-0.3, -0.25) is 4.79 Å². The number of carbonyl (C=O) groups excluding carboxylic acids is 1. The Kier molecular flexibility index (Phi) is 5.66. The molecule has 12 heteroatoms. The molecule has 4 aromatic rings. The SMILES string of the molecule is CC[C@@H](Nc1nc2ccccc2c2nc(-c3ccc(OC)cc3OC(F)(F)F)nn12)C(N)=O. The molecule has 4 rings (SSSR count). The molecule has 0 saturated carbocycles. The molecule has 33 heavy (non-hydrogen) atoms. The number of fused-ring (bicyclic) bond motifs is 3. The molecule has 0 radical (unpaired) electrons. The fraction of sp³-hybridized carbons (Fsp3) is 0.238. The monoisotopic (exact) mass is 460 g/mol. The number of nitrogens with one attached hydrogen (secondary N) is 1. The van der Waals surface area contributed by atoms with Crippen molar-refractivity contribution in [2.75, 3.05) is 12.4 Å². The normalized spacial score (nSPS) is 12.6. The lowest BCUT2D eigenvalue weighted by Crippen LogP contribution is -2.35. The molecule has 0 aliphatic carbocycles. The summed E-state index contributed by atoms with van der Waals surface area (Å²) in [6.07, 6.45) is -4.55. The first-order chi connectivity index (χ1) is 15.7. The zero-order chi connectivity index (χ0) is 23.8. The molecule has 0 aliphatic heterocycles. The number of halogens is 3. The molecule has 1 atom stereocenters. The van der Waals surface area contributed by atoms with E-state index in [4.69, 9.17) is 10.5 Å². The summed E-state index contributed by atoms with van der Waals surface area (Å²) in [4.78, 5) is 20.7. The molecule has 0 aliphatic rings. The van der Waals surface area contributed by atoms with E-state index < -0.39 is 24.1 Å². The van der Waals surface area contributed by atoms with Gasteiger partial charge in [-0.2, -0.15) is 4.52 Å². The highest BCUT2D eigenvalue weighted by Gasteiger charge is 2.33. The van der Waals surface area contributed by atoms with Crippen molar-refractivity contribution in [1.82, 2.24) is 19.6 Å². The fourth-order valence-electron chi connectivity index (χ4n) is 3.32. The van der Waals surface area contributed by atoms with Crippen LogP contribution in [0.4, 0.5) is 19.1 Å². The Bertz CT molecular complexity index is 1340. The second kappa shape index (κ2) is 8.45. The first-order valence-corrected chi connectivity index (χ1v) is 9.85. The summed E-state index contributed by atoms with van der Waals surface area (Å²) >= 11 is 0. The van der Waals surface area contributed by atoms with Crippen LogP contribution in [0.25, 0.3) is 27.9 Å². The third-order valence-electron chi connectivity index (χ3n) is 4.89. The summed E-state index contributed by atoms with van der Waals surface area (Å²) in [5.41, 5.74) is 6.31. The molecule has 2 aromatic heterocycles. The molecular formula is C21H19F3N6O3. The summed E-state index contributed by atoms with van der Waals surface area (Å²) < 4.78 is 49.6. The Hall–Kier alpha value is -4.09. The average Bonchev–Trinajstić information content (AvgIpc) is 3.21. The minimum absolute atomic E-state index is 0.00574. The Morgan fingerprint density at radius 2 is 1.97 bits per heavy atom. The van der Waals surface area contributed by atoms with Gasteiger partial charge in [0.05, 0.1) is 18.2 Å². The summed E-state index contributed by atoms with van der Waals surface area (Å²) in [5.74, 6) is -0.807. The van der Waals surface area contributed by atoms with E-state index in [-0.39, 0.29) is 23.1 Å². The van der Waals surface area contributed by atoms with Gasteiger partial charge in [-0.25, -0.2) is 9.97 Å². The highest BCUT2D eigenvalue weighted by atomic mass is 19.4. The quantitative estimate of drug-likeness (QED) is 0.433. The number of nitrogens with two attached hydrogens (primary N) is 1. The smallest absolute Gasteiger partial charge is 0.497 e. The predicted molar refractivity (Wildman–Crippen MR) is 114 cm³/mol. The lowest BCUT2D eigenvalue weighted by atomic mass is 10.2. The van der Waals surface area contributed by atoms with E-state index in [1.165, 1.54) is 23.8 Å². The number of anilines is 1. The third kappa shape index (κ3) is 4.45. The Morgan fingerprint density at radius 3 is 2.64 bits per heavy atom. The zero-order valence-corrected chi connectivity index (χ0v) is 17.6. The molecule has 3 N–H and O–H groups in total. The number of alkyl halides is 3. The Labute approximate surface area is 185 Å². The van der Waals surface area contributed by atoms with E-state index in [9.17, 15) is 18.0 Å².